The van der Waals surface area contributed by atoms with Gasteiger partial charge in [-0.15, -0.1) is 11.3 Å². The van der Waals surface area contributed by atoms with E-state index < -0.39 is 11.9 Å². The second-order valence-electron chi connectivity index (χ2n) is 3.85. The average Bonchev–Trinajstić information content (AvgIpc) is 2.93. The first-order chi connectivity index (χ1) is 7.58. The molecule has 2 atom stereocenters. The van der Waals surface area contributed by atoms with Gasteiger partial charge in [-0.25, -0.2) is 4.98 Å². The maximum absolute atomic E-state index is 11.5. The average molecular weight is 240 g/mol. The second-order valence-corrected chi connectivity index (χ2v) is 5.17. The number of carbonyl (C=O) groups excluding carboxylic acids is 1. The number of carboxylic acids is 1. The fourth-order valence-electron chi connectivity index (χ4n) is 1.55. The van der Waals surface area contributed by atoms with Crippen LogP contribution in [0.5, 0.6) is 0 Å². The number of hydrogen-bond acceptors (Lipinski definition) is 4. The summed E-state index contributed by atoms with van der Waals surface area (Å²) in [6.45, 7) is 2.34. The first-order valence-electron chi connectivity index (χ1n) is 4.99. The van der Waals surface area contributed by atoms with Crippen LogP contribution in [0.2, 0.25) is 0 Å². The van der Waals surface area contributed by atoms with Crippen molar-refractivity contribution in [2.45, 2.75) is 19.9 Å². The Bertz CT molecular complexity index is 429. The second kappa shape index (κ2) is 4.21. The topological polar surface area (TPSA) is 79.3 Å². The van der Waals surface area contributed by atoms with Crippen molar-refractivity contribution >= 4 is 23.2 Å². The fourth-order valence-corrected chi connectivity index (χ4v) is 2.28. The van der Waals surface area contributed by atoms with E-state index in [-0.39, 0.29) is 11.8 Å². The minimum atomic E-state index is -0.881. The van der Waals surface area contributed by atoms with E-state index >= 15 is 0 Å². The predicted octanol–water partition coefficient (Wildman–Crippen LogP) is 0.788. The monoisotopic (exact) mass is 240 g/mol. The summed E-state index contributed by atoms with van der Waals surface area (Å²) in [5.41, 5.74) is 0. The van der Waals surface area contributed by atoms with Crippen LogP contribution >= 0.6 is 11.3 Å². The van der Waals surface area contributed by atoms with Gasteiger partial charge in [-0.3, -0.25) is 9.59 Å². The molecule has 2 N–H and O–H groups in total. The predicted molar refractivity (Wildman–Crippen MR) is 57.9 cm³/mol. The van der Waals surface area contributed by atoms with Crippen LogP contribution in [0.4, 0.5) is 0 Å². The number of aliphatic carboxylic acids is 1. The zero-order chi connectivity index (χ0) is 11.7. The quantitative estimate of drug-likeness (QED) is 0.815. The first kappa shape index (κ1) is 11.1. The molecule has 1 aliphatic rings. The molecule has 5 nitrogen and oxygen atoms in total. The standard InChI is InChI=1S/C10H12N2O3S/c1-5-11-3-6(16-5)4-12-9(13)7-2-8(7)10(14)15/h3,7-8H,2,4H2,1H3,(H,12,13)(H,14,15)/t7-,8+/m1/s1. The van der Waals surface area contributed by atoms with Crippen molar-refractivity contribution in [3.63, 3.8) is 0 Å². The molecule has 2 rings (SSSR count). The lowest BCUT2D eigenvalue weighted by Crippen LogP contribution is -2.25. The van der Waals surface area contributed by atoms with Crippen LogP contribution in [-0.4, -0.2) is 22.0 Å². The van der Waals surface area contributed by atoms with Crippen LogP contribution in [0.15, 0.2) is 6.20 Å². The highest BCUT2D eigenvalue weighted by Gasteiger charge is 2.48. The smallest absolute Gasteiger partial charge is 0.307 e. The lowest BCUT2D eigenvalue weighted by molar-refractivity contribution is -0.140. The van der Waals surface area contributed by atoms with Crippen molar-refractivity contribution in [3.8, 4) is 0 Å². The molecule has 1 heterocycles. The van der Waals surface area contributed by atoms with Crippen molar-refractivity contribution < 1.29 is 14.7 Å². The highest BCUT2D eigenvalue weighted by Crippen LogP contribution is 2.38. The highest BCUT2D eigenvalue weighted by molar-refractivity contribution is 7.11. The molecule has 1 aliphatic carbocycles. The molecule has 0 saturated heterocycles. The van der Waals surface area contributed by atoms with Gasteiger partial charge in [0.15, 0.2) is 0 Å². The number of nitrogens with zero attached hydrogens (tertiary/aromatic N) is 1. The van der Waals surface area contributed by atoms with Gasteiger partial charge in [-0.2, -0.15) is 0 Å². The third-order valence-corrected chi connectivity index (χ3v) is 3.46. The maximum atomic E-state index is 11.5. The number of rotatable bonds is 4. The Hall–Kier alpha value is -1.43. The molecular weight excluding hydrogens is 228 g/mol. The molecule has 1 saturated carbocycles. The highest BCUT2D eigenvalue weighted by atomic mass is 32.1. The number of aromatic nitrogens is 1. The van der Waals surface area contributed by atoms with Crippen molar-refractivity contribution in [3.05, 3.63) is 16.1 Å². The van der Waals surface area contributed by atoms with E-state index in [9.17, 15) is 9.59 Å². The van der Waals surface area contributed by atoms with E-state index in [2.05, 4.69) is 10.3 Å². The SMILES string of the molecule is Cc1ncc(CNC(=O)[C@@H]2C[C@@H]2C(=O)O)s1. The Kier molecular flexibility index (Phi) is 2.91. The molecule has 0 unspecified atom stereocenters. The zero-order valence-electron chi connectivity index (χ0n) is 8.77. The number of hydrogen-bond donors (Lipinski definition) is 2. The molecule has 6 heteroatoms. The summed E-state index contributed by atoms with van der Waals surface area (Å²) in [5.74, 6) is -1.87. The summed E-state index contributed by atoms with van der Waals surface area (Å²) in [5, 5.41) is 12.4. The molecule has 16 heavy (non-hydrogen) atoms. The Labute approximate surface area is 96.5 Å². The lowest BCUT2D eigenvalue weighted by Gasteiger charge is -2.01. The molecule has 0 aromatic carbocycles. The van der Waals surface area contributed by atoms with Gasteiger partial charge in [0.05, 0.1) is 23.4 Å². The van der Waals surface area contributed by atoms with Crippen molar-refractivity contribution in [2.24, 2.45) is 11.8 Å². The molecule has 0 spiro atoms. The van der Waals surface area contributed by atoms with Crippen molar-refractivity contribution in [1.82, 2.24) is 10.3 Å². The number of carbonyl (C=O) groups is 2. The Morgan fingerprint density at radius 3 is 2.88 bits per heavy atom. The van der Waals surface area contributed by atoms with Crippen LogP contribution in [0.1, 0.15) is 16.3 Å². The third-order valence-electron chi connectivity index (χ3n) is 2.55. The van der Waals surface area contributed by atoms with Crippen LogP contribution in [-0.2, 0) is 16.1 Å². The molecule has 1 aromatic rings. The maximum Gasteiger partial charge on any atom is 0.307 e. The molecule has 86 valence electrons. The van der Waals surface area contributed by atoms with E-state index in [0.717, 1.165) is 9.88 Å². The number of thiazole rings is 1. The Morgan fingerprint density at radius 1 is 1.62 bits per heavy atom. The number of nitrogens with one attached hydrogen (secondary N) is 1. The zero-order valence-corrected chi connectivity index (χ0v) is 9.58. The molecular formula is C10H12N2O3S. The number of carboxylic acid groups (broad SMARTS) is 1. The minimum Gasteiger partial charge on any atom is -0.481 e. The van der Waals surface area contributed by atoms with Gasteiger partial charge >= 0.3 is 5.97 Å². The van der Waals surface area contributed by atoms with E-state index in [4.69, 9.17) is 5.11 Å². The Morgan fingerprint density at radius 2 is 2.38 bits per heavy atom. The third kappa shape index (κ3) is 2.38. The summed E-state index contributed by atoms with van der Waals surface area (Å²) in [4.78, 5) is 27.1. The largest absolute Gasteiger partial charge is 0.481 e. The van der Waals surface area contributed by atoms with Gasteiger partial charge in [0.25, 0.3) is 0 Å². The van der Waals surface area contributed by atoms with Crippen LogP contribution in [0.3, 0.4) is 0 Å². The van der Waals surface area contributed by atoms with Gasteiger partial charge < -0.3 is 10.4 Å². The molecule has 0 aliphatic heterocycles. The summed E-state index contributed by atoms with van der Waals surface area (Å²) >= 11 is 1.53. The van der Waals surface area contributed by atoms with Crippen LogP contribution in [0, 0.1) is 18.8 Å². The van der Waals surface area contributed by atoms with Gasteiger partial charge in [0.2, 0.25) is 5.91 Å². The first-order valence-corrected chi connectivity index (χ1v) is 5.81. The van der Waals surface area contributed by atoms with Gasteiger partial charge in [0.1, 0.15) is 0 Å². The van der Waals surface area contributed by atoms with E-state index in [1.165, 1.54) is 11.3 Å². The molecule has 0 radical (unpaired) electrons. The Balaban J connectivity index is 1.79. The molecule has 1 aromatic heterocycles. The van der Waals surface area contributed by atoms with E-state index in [1.54, 1.807) is 6.20 Å². The molecule has 1 fully saturated rings. The van der Waals surface area contributed by atoms with Gasteiger partial charge in [-0.1, -0.05) is 0 Å². The number of aryl methyl sites for hydroxylation is 1. The summed E-state index contributed by atoms with van der Waals surface area (Å²) < 4.78 is 0. The van der Waals surface area contributed by atoms with E-state index in [1.807, 2.05) is 6.92 Å². The summed E-state index contributed by atoms with van der Waals surface area (Å²) in [6.07, 6.45) is 2.19. The van der Waals surface area contributed by atoms with E-state index in [0.29, 0.717) is 13.0 Å². The van der Waals surface area contributed by atoms with Gasteiger partial charge in [0, 0.05) is 11.1 Å². The molecule has 1 amide bonds. The lowest BCUT2D eigenvalue weighted by atomic mass is 10.3. The van der Waals surface area contributed by atoms with Crippen molar-refractivity contribution in [2.75, 3.05) is 0 Å². The normalized spacial score (nSPS) is 22.8. The minimum absolute atomic E-state index is 0.168. The molecule has 0 bridgehead atoms. The van der Waals surface area contributed by atoms with Crippen LogP contribution in [0.25, 0.3) is 0 Å². The van der Waals surface area contributed by atoms with Crippen LogP contribution < -0.4 is 5.32 Å². The number of amides is 1. The van der Waals surface area contributed by atoms with Gasteiger partial charge in [-0.05, 0) is 13.3 Å². The fraction of sp³-hybridized carbons (Fsp3) is 0.500. The van der Waals surface area contributed by atoms with Crippen molar-refractivity contribution in [1.29, 1.82) is 0 Å². The summed E-state index contributed by atoms with van der Waals surface area (Å²) in [7, 11) is 0. The summed E-state index contributed by atoms with van der Waals surface area (Å²) in [6, 6.07) is 0.